The van der Waals surface area contributed by atoms with Crippen LogP contribution in [0.4, 0.5) is 5.82 Å². The van der Waals surface area contributed by atoms with Gasteiger partial charge in [-0.2, -0.15) is 14.6 Å². The zero-order valence-corrected chi connectivity index (χ0v) is 14.5. The standard InChI is InChI=1S/C17H17N5O2S/c1-11-16(24)19-17-22(20-11)14(10-25-17)18-15(23)9-21-7-6-12-4-2-3-5-13(12)8-21/h2-5,10H,6-9H2,1H3,(H,18,23). The largest absolute Gasteiger partial charge is 0.309 e. The highest BCUT2D eigenvalue weighted by Gasteiger charge is 2.19. The normalized spacial score (nSPS) is 14.4. The van der Waals surface area contributed by atoms with Gasteiger partial charge in [0.1, 0.15) is 11.5 Å². The second-order valence-electron chi connectivity index (χ2n) is 6.10. The van der Waals surface area contributed by atoms with E-state index in [1.807, 2.05) is 6.07 Å². The second kappa shape index (κ2) is 6.38. The van der Waals surface area contributed by atoms with E-state index in [0.717, 1.165) is 19.5 Å². The smallest absolute Gasteiger partial charge is 0.295 e. The van der Waals surface area contributed by atoms with E-state index in [9.17, 15) is 9.59 Å². The SMILES string of the molecule is Cc1nn2c(NC(=O)CN3CCc4ccccc4C3)csc2nc1=O. The Morgan fingerprint density at radius 1 is 1.32 bits per heavy atom. The summed E-state index contributed by atoms with van der Waals surface area (Å²) in [6, 6.07) is 8.34. The van der Waals surface area contributed by atoms with Crippen LogP contribution in [0.3, 0.4) is 0 Å². The van der Waals surface area contributed by atoms with Crippen LogP contribution in [0.2, 0.25) is 0 Å². The van der Waals surface area contributed by atoms with Crippen LogP contribution in [0.15, 0.2) is 34.4 Å². The lowest BCUT2D eigenvalue weighted by molar-refractivity contribution is -0.117. The second-order valence-corrected chi connectivity index (χ2v) is 6.93. The first kappa shape index (κ1) is 15.9. The third-order valence-electron chi connectivity index (χ3n) is 4.29. The van der Waals surface area contributed by atoms with E-state index < -0.39 is 0 Å². The summed E-state index contributed by atoms with van der Waals surface area (Å²) in [5, 5.41) is 8.81. The maximum Gasteiger partial charge on any atom is 0.295 e. The van der Waals surface area contributed by atoms with E-state index in [1.54, 1.807) is 12.3 Å². The lowest BCUT2D eigenvalue weighted by Crippen LogP contribution is -2.37. The Balaban J connectivity index is 1.46. The van der Waals surface area contributed by atoms with Crippen LogP contribution in [-0.2, 0) is 17.8 Å². The van der Waals surface area contributed by atoms with E-state index in [-0.39, 0.29) is 11.5 Å². The van der Waals surface area contributed by atoms with Crippen LogP contribution in [-0.4, -0.2) is 38.5 Å². The monoisotopic (exact) mass is 355 g/mol. The molecular formula is C17H17N5O2S. The van der Waals surface area contributed by atoms with Gasteiger partial charge in [0.15, 0.2) is 0 Å². The van der Waals surface area contributed by atoms with Crippen LogP contribution in [0.1, 0.15) is 16.8 Å². The van der Waals surface area contributed by atoms with Crippen molar-refractivity contribution >= 4 is 28.0 Å². The summed E-state index contributed by atoms with van der Waals surface area (Å²) in [4.78, 5) is 30.5. The van der Waals surface area contributed by atoms with Crippen molar-refractivity contribution in [2.75, 3.05) is 18.4 Å². The number of benzene rings is 1. The first-order valence-electron chi connectivity index (χ1n) is 8.04. The Morgan fingerprint density at radius 2 is 2.12 bits per heavy atom. The molecule has 0 radical (unpaired) electrons. The molecule has 8 heteroatoms. The average molecular weight is 355 g/mol. The van der Waals surface area contributed by atoms with Crippen molar-refractivity contribution in [3.63, 3.8) is 0 Å². The van der Waals surface area contributed by atoms with Gasteiger partial charge in [-0.05, 0) is 24.5 Å². The Bertz CT molecular complexity index is 1010. The van der Waals surface area contributed by atoms with Gasteiger partial charge in [-0.3, -0.25) is 14.5 Å². The molecule has 1 aliphatic rings. The van der Waals surface area contributed by atoms with Crippen LogP contribution >= 0.6 is 11.3 Å². The van der Waals surface area contributed by atoms with Gasteiger partial charge < -0.3 is 5.32 Å². The number of hydrogen-bond acceptors (Lipinski definition) is 6. The Labute approximate surface area is 147 Å². The minimum atomic E-state index is -0.341. The third-order valence-corrected chi connectivity index (χ3v) is 5.10. The molecule has 25 heavy (non-hydrogen) atoms. The molecule has 0 unspecified atom stereocenters. The molecule has 0 fully saturated rings. The predicted molar refractivity (Wildman–Crippen MR) is 95.9 cm³/mol. The van der Waals surface area contributed by atoms with Gasteiger partial charge in [0.2, 0.25) is 10.9 Å². The van der Waals surface area contributed by atoms with Crippen molar-refractivity contribution in [2.24, 2.45) is 0 Å². The lowest BCUT2D eigenvalue weighted by Gasteiger charge is -2.27. The number of amides is 1. The first-order valence-corrected chi connectivity index (χ1v) is 8.92. The van der Waals surface area contributed by atoms with Crippen LogP contribution in [0.5, 0.6) is 0 Å². The summed E-state index contributed by atoms with van der Waals surface area (Å²) in [6.07, 6.45) is 0.955. The minimum absolute atomic E-state index is 0.0998. The zero-order valence-electron chi connectivity index (χ0n) is 13.7. The molecule has 1 aromatic carbocycles. The zero-order chi connectivity index (χ0) is 17.4. The summed E-state index contributed by atoms with van der Waals surface area (Å²) in [6.45, 7) is 3.56. The van der Waals surface area contributed by atoms with Gasteiger partial charge in [-0.15, -0.1) is 11.3 Å². The van der Waals surface area contributed by atoms with Crippen LogP contribution in [0, 0.1) is 6.92 Å². The van der Waals surface area contributed by atoms with E-state index in [2.05, 4.69) is 38.5 Å². The molecule has 3 aromatic rings. The number of hydrogen-bond donors (Lipinski definition) is 1. The highest BCUT2D eigenvalue weighted by molar-refractivity contribution is 7.15. The molecule has 2 aromatic heterocycles. The number of aromatic nitrogens is 3. The fraction of sp³-hybridized carbons (Fsp3) is 0.294. The van der Waals surface area contributed by atoms with Gasteiger partial charge in [-0.1, -0.05) is 24.3 Å². The highest BCUT2D eigenvalue weighted by atomic mass is 32.1. The number of nitrogens with zero attached hydrogens (tertiary/aromatic N) is 4. The molecule has 0 bridgehead atoms. The van der Waals surface area contributed by atoms with Crippen molar-refractivity contribution in [1.82, 2.24) is 19.5 Å². The highest BCUT2D eigenvalue weighted by Crippen LogP contribution is 2.19. The number of nitrogens with one attached hydrogen (secondary N) is 1. The number of rotatable bonds is 3. The molecule has 1 N–H and O–H groups in total. The fourth-order valence-electron chi connectivity index (χ4n) is 3.00. The molecule has 4 rings (SSSR count). The van der Waals surface area contributed by atoms with Gasteiger partial charge in [0, 0.05) is 18.5 Å². The van der Waals surface area contributed by atoms with Crippen molar-refractivity contribution < 1.29 is 4.79 Å². The number of thiazole rings is 1. The molecule has 0 atom stereocenters. The molecule has 1 amide bonds. The third kappa shape index (κ3) is 3.18. The Morgan fingerprint density at radius 3 is 2.96 bits per heavy atom. The van der Waals surface area contributed by atoms with Crippen molar-refractivity contribution in [3.05, 3.63) is 56.8 Å². The average Bonchev–Trinajstić information content (AvgIpc) is 2.97. The quantitative estimate of drug-likeness (QED) is 0.769. The summed E-state index contributed by atoms with van der Waals surface area (Å²) in [7, 11) is 0. The number of fused-ring (bicyclic) bond motifs is 2. The topological polar surface area (TPSA) is 79.6 Å². The summed E-state index contributed by atoms with van der Waals surface area (Å²) < 4.78 is 1.50. The number of aryl methyl sites for hydroxylation is 1. The summed E-state index contributed by atoms with van der Waals surface area (Å²) >= 11 is 1.28. The Hall–Kier alpha value is -2.58. The molecule has 0 spiro atoms. The lowest BCUT2D eigenvalue weighted by atomic mass is 10.00. The molecule has 7 nitrogen and oxygen atoms in total. The van der Waals surface area contributed by atoms with E-state index in [4.69, 9.17) is 0 Å². The molecule has 0 aliphatic carbocycles. The number of anilines is 1. The fourth-order valence-corrected chi connectivity index (χ4v) is 3.75. The summed E-state index contributed by atoms with van der Waals surface area (Å²) in [5.41, 5.74) is 2.60. The van der Waals surface area contributed by atoms with Gasteiger partial charge in [-0.25, -0.2) is 0 Å². The molecule has 128 valence electrons. The first-order chi connectivity index (χ1) is 12.1. The molecule has 0 saturated heterocycles. The Kier molecular flexibility index (Phi) is 4.06. The van der Waals surface area contributed by atoms with E-state index in [1.165, 1.54) is 27.0 Å². The maximum absolute atomic E-state index is 12.4. The number of carbonyl (C=O) groups is 1. The van der Waals surface area contributed by atoms with Gasteiger partial charge >= 0.3 is 0 Å². The van der Waals surface area contributed by atoms with Crippen molar-refractivity contribution in [3.8, 4) is 0 Å². The number of carbonyl (C=O) groups excluding carboxylic acids is 1. The molecule has 3 heterocycles. The predicted octanol–water partition coefficient (Wildman–Crippen LogP) is 1.46. The van der Waals surface area contributed by atoms with Gasteiger partial charge in [0.25, 0.3) is 5.56 Å². The van der Waals surface area contributed by atoms with Gasteiger partial charge in [0.05, 0.1) is 6.54 Å². The summed E-state index contributed by atoms with van der Waals surface area (Å²) in [5.74, 6) is 0.440. The van der Waals surface area contributed by atoms with E-state index in [0.29, 0.717) is 23.0 Å². The van der Waals surface area contributed by atoms with Crippen LogP contribution < -0.4 is 10.9 Å². The van der Waals surface area contributed by atoms with Crippen LogP contribution in [0.25, 0.3) is 4.96 Å². The minimum Gasteiger partial charge on any atom is -0.309 e. The van der Waals surface area contributed by atoms with Crippen molar-refractivity contribution in [2.45, 2.75) is 19.9 Å². The maximum atomic E-state index is 12.4. The molecule has 1 aliphatic heterocycles. The molecular weight excluding hydrogens is 338 g/mol. The van der Waals surface area contributed by atoms with Crippen molar-refractivity contribution in [1.29, 1.82) is 0 Å². The molecule has 0 saturated carbocycles. The van der Waals surface area contributed by atoms with E-state index >= 15 is 0 Å².